The fraction of sp³-hybridized carbons (Fsp3) is 0.571. The van der Waals surface area contributed by atoms with Crippen LogP contribution >= 0.6 is 15.9 Å². The molecule has 0 spiro atoms. The second kappa shape index (κ2) is 6.13. The Bertz CT molecular complexity index is 601. The molecular weight excluding hydrogens is 342 g/mol. The molecule has 0 aliphatic carbocycles. The first-order chi connectivity index (χ1) is 9.36. The van der Waals surface area contributed by atoms with Gasteiger partial charge in [0.05, 0.1) is 11.5 Å². The minimum Gasteiger partial charge on any atom is -0.392 e. The number of nitrogens with zero attached hydrogens (tertiary/aromatic N) is 1. The maximum Gasteiger partial charge on any atom is 0.244 e. The van der Waals surface area contributed by atoms with E-state index in [0.29, 0.717) is 29.0 Å². The highest BCUT2D eigenvalue weighted by Gasteiger charge is 2.30. The van der Waals surface area contributed by atoms with Crippen LogP contribution in [-0.2, 0) is 16.6 Å². The molecule has 1 N–H and O–H groups in total. The van der Waals surface area contributed by atoms with Gasteiger partial charge < -0.3 is 5.11 Å². The van der Waals surface area contributed by atoms with Crippen molar-refractivity contribution in [2.45, 2.75) is 38.2 Å². The zero-order chi connectivity index (χ0) is 14.9. The molecule has 2 rings (SSSR count). The first kappa shape index (κ1) is 15.9. The van der Waals surface area contributed by atoms with E-state index < -0.39 is 10.0 Å². The predicted octanol–water partition coefficient (Wildman–Crippen LogP) is 2.67. The van der Waals surface area contributed by atoms with Crippen molar-refractivity contribution in [3.63, 3.8) is 0 Å². The van der Waals surface area contributed by atoms with Gasteiger partial charge in [0.1, 0.15) is 0 Å². The molecule has 1 aromatic carbocycles. The molecule has 0 radical (unpaired) electrons. The van der Waals surface area contributed by atoms with Crippen LogP contribution in [0.25, 0.3) is 0 Å². The number of aliphatic hydroxyl groups is 1. The minimum atomic E-state index is -3.51. The lowest BCUT2D eigenvalue weighted by atomic mass is 10.0. The van der Waals surface area contributed by atoms with Gasteiger partial charge in [0, 0.05) is 17.6 Å². The van der Waals surface area contributed by atoms with Crippen LogP contribution in [0.15, 0.2) is 21.5 Å². The van der Waals surface area contributed by atoms with Crippen LogP contribution in [0.5, 0.6) is 0 Å². The fourth-order valence-corrected chi connectivity index (χ4v) is 5.22. The van der Waals surface area contributed by atoms with Crippen LogP contribution in [0.3, 0.4) is 0 Å². The molecule has 1 aliphatic heterocycles. The molecule has 112 valence electrons. The van der Waals surface area contributed by atoms with E-state index in [1.165, 1.54) is 0 Å². The first-order valence-corrected chi connectivity index (χ1v) is 8.99. The minimum absolute atomic E-state index is 0.160. The number of benzene rings is 1. The van der Waals surface area contributed by atoms with Gasteiger partial charge in [-0.25, -0.2) is 8.42 Å². The van der Waals surface area contributed by atoms with E-state index in [-0.39, 0.29) is 11.5 Å². The van der Waals surface area contributed by atoms with E-state index in [2.05, 4.69) is 22.9 Å². The molecule has 20 heavy (non-hydrogen) atoms. The molecule has 1 atom stereocenters. The van der Waals surface area contributed by atoms with E-state index in [1.807, 2.05) is 6.92 Å². The standard InChI is InChI=1S/C14H20BrNO3S/c1-10-4-3-5-16(8-10)20(18,19)13-7-12(9-17)6-11(2)14(13)15/h6-7,10,17H,3-5,8-9H2,1-2H3. The molecule has 0 aromatic heterocycles. The molecule has 1 unspecified atom stereocenters. The molecule has 6 heteroatoms. The van der Waals surface area contributed by atoms with Crippen molar-refractivity contribution in [1.29, 1.82) is 0 Å². The van der Waals surface area contributed by atoms with E-state index in [1.54, 1.807) is 16.4 Å². The lowest BCUT2D eigenvalue weighted by Gasteiger charge is -2.30. The summed E-state index contributed by atoms with van der Waals surface area (Å²) < 4.78 is 27.7. The summed E-state index contributed by atoms with van der Waals surface area (Å²) in [6.45, 7) is 4.89. The van der Waals surface area contributed by atoms with Gasteiger partial charge in [-0.2, -0.15) is 4.31 Å². The second-order valence-electron chi connectivity index (χ2n) is 5.49. The second-order valence-corrected chi connectivity index (χ2v) is 8.19. The first-order valence-electron chi connectivity index (χ1n) is 6.76. The van der Waals surface area contributed by atoms with Crippen molar-refractivity contribution in [1.82, 2.24) is 4.31 Å². The van der Waals surface area contributed by atoms with Crippen LogP contribution in [0.2, 0.25) is 0 Å². The van der Waals surface area contributed by atoms with Gasteiger partial charge in [0.25, 0.3) is 0 Å². The van der Waals surface area contributed by atoms with Gasteiger partial charge in [-0.15, -0.1) is 0 Å². The van der Waals surface area contributed by atoms with Gasteiger partial charge >= 0.3 is 0 Å². The Morgan fingerprint density at radius 1 is 1.45 bits per heavy atom. The van der Waals surface area contributed by atoms with Crippen LogP contribution in [-0.4, -0.2) is 30.9 Å². The molecule has 1 aliphatic rings. The number of hydrogen-bond acceptors (Lipinski definition) is 3. The smallest absolute Gasteiger partial charge is 0.244 e. The van der Waals surface area contributed by atoms with Gasteiger partial charge in [0.2, 0.25) is 10.0 Å². The lowest BCUT2D eigenvalue weighted by Crippen LogP contribution is -2.39. The summed E-state index contributed by atoms with van der Waals surface area (Å²) in [6, 6.07) is 3.35. The average molecular weight is 362 g/mol. The normalized spacial score (nSPS) is 21.1. The van der Waals surface area contributed by atoms with Crippen molar-refractivity contribution in [3.8, 4) is 0 Å². The highest BCUT2D eigenvalue weighted by atomic mass is 79.9. The highest BCUT2D eigenvalue weighted by molar-refractivity contribution is 9.10. The number of halogens is 1. The summed E-state index contributed by atoms with van der Waals surface area (Å²) in [7, 11) is -3.51. The van der Waals surface area contributed by atoms with E-state index >= 15 is 0 Å². The summed E-state index contributed by atoms with van der Waals surface area (Å²) in [5.74, 6) is 0.388. The lowest BCUT2D eigenvalue weighted by molar-refractivity contribution is 0.279. The summed E-state index contributed by atoms with van der Waals surface area (Å²) in [6.07, 6.45) is 1.97. The Kier molecular flexibility index (Phi) is 4.89. The molecule has 1 aromatic rings. The molecule has 4 nitrogen and oxygen atoms in total. The zero-order valence-electron chi connectivity index (χ0n) is 11.8. The number of piperidine rings is 1. The van der Waals surface area contributed by atoms with Crippen LogP contribution < -0.4 is 0 Å². The Hall–Kier alpha value is -0.430. The van der Waals surface area contributed by atoms with Gasteiger partial charge in [-0.1, -0.05) is 13.0 Å². The molecule has 1 saturated heterocycles. The molecule has 1 heterocycles. The number of hydrogen-bond donors (Lipinski definition) is 1. The number of rotatable bonds is 3. The molecule has 0 amide bonds. The number of aliphatic hydroxyl groups excluding tert-OH is 1. The third-order valence-corrected chi connectivity index (χ3v) is 6.91. The van der Waals surface area contributed by atoms with Crippen LogP contribution in [0.1, 0.15) is 30.9 Å². The molecular formula is C14H20BrNO3S. The quantitative estimate of drug-likeness (QED) is 0.900. The zero-order valence-corrected chi connectivity index (χ0v) is 14.2. The third kappa shape index (κ3) is 3.08. The van der Waals surface area contributed by atoms with Crippen molar-refractivity contribution in [2.24, 2.45) is 5.92 Å². The number of aryl methyl sites for hydroxylation is 1. The monoisotopic (exact) mass is 361 g/mol. The van der Waals surface area contributed by atoms with E-state index in [0.717, 1.165) is 18.4 Å². The molecule has 1 fully saturated rings. The number of sulfonamides is 1. The topological polar surface area (TPSA) is 57.6 Å². The molecule has 0 bridgehead atoms. The van der Waals surface area contributed by atoms with Crippen molar-refractivity contribution in [2.75, 3.05) is 13.1 Å². The largest absolute Gasteiger partial charge is 0.392 e. The average Bonchev–Trinajstić information content (AvgIpc) is 2.41. The maximum atomic E-state index is 12.8. The van der Waals surface area contributed by atoms with E-state index in [4.69, 9.17) is 0 Å². The third-order valence-electron chi connectivity index (χ3n) is 3.70. The Balaban J connectivity index is 2.46. The highest BCUT2D eigenvalue weighted by Crippen LogP contribution is 2.31. The van der Waals surface area contributed by atoms with Gasteiger partial charge in [-0.05, 0) is 58.8 Å². The van der Waals surface area contributed by atoms with Crippen LogP contribution in [0, 0.1) is 12.8 Å². The maximum absolute atomic E-state index is 12.8. The van der Waals surface area contributed by atoms with Gasteiger partial charge in [-0.3, -0.25) is 0 Å². The van der Waals surface area contributed by atoms with Crippen molar-refractivity contribution < 1.29 is 13.5 Å². The Morgan fingerprint density at radius 3 is 2.75 bits per heavy atom. The SMILES string of the molecule is Cc1cc(CO)cc(S(=O)(=O)N2CCCC(C)C2)c1Br. The van der Waals surface area contributed by atoms with Crippen molar-refractivity contribution >= 4 is 26.0 Å². The summed E-state index contributed by atoms with van der Waals surface area (Å²) >= 11 is 3.37. The van der Waals surface area contributed by atoms with E-state index in [9.17, 15) is 13.5 Å². The van der Waals surface area contributed by atoms with Crippen LogP contribution in [0.4, 0.5) is 0 Å². The Morgan fingerprint density at radius 2 is 2.15 bits per heavy atom. The molecule has 0 saturated carbocycles. The summed E-state index contributed by atoms with van der Waals surface area (Å²) in [4.78, 5) is 0.260. The summed E-state index contributed by atoms with van der Waals surface area (Å²) in [5, 5.41) is 9.27. The van der Waals surface area contributed by atoms with Crippen molar-refractivity contribution in [3.05, 3.63) is 27.7 Å². The predicted molar refractivity (Wildman–Crippen MR) is 82.0 cm³/mol. The fourth-order valence-electron chi connectivity index (χ4n) is 2.59. The van der Waals surface area contributed by atoms with Gasteiger partial charge in [0.15, 0.2) is 0 Å². The Labute approximate surface area is 129 Å². The summed E-state index contributed by atoms with van der Waals surface area (Å²) in [5.41, 5.74) is 1.44.